The fraction of sp³-hybridized carbons (Fsp3) is 0.235. The van der Waals surface area contributed by atoms with E-state index in [1.165, 1.54) is 6.08 Å². The van der Waals surface area contributed by atoms with Crippen LogP contribution in [0.5, 0.6) is 0 Å². The topological polar surface area (TPSA) is 88.5 Å². The Bertz CT molecular complexity index is 742. The maximum absolute atomic E-state index is 11.5. The summed E-state index contributed by atoms with van der Waals surface area (Å²) in [6.07, 6.45) is 0.783. The van der Waals surface area contributed by atoms with E-state index in [1.54, 1.807) is 0 Å². The molecule has 1 heterocycles. The van der Waals surface area contributed by atoms with Crippen molar-refractivity contribution in [2.24, 2.45) is 0 Å². The van der Waals surface area contributed by atoms with Crippen LogP contribution in [0.25, 0.3) is 10.9 Å². The highest BCUT2D eigenvalue weighted by Gasteiger charge is 2.21. The maximum atomic E-state index is 11.5. The highest BCUT2D eigenvalue weighted by molar-refractivity contribution is 5.82. The molecule has 1 amide bonds. The average molecular weight is 314 g/mol. The van der Waals surface area contributed by atoms with Crippen molar-refractivity contribution < 1.29 is 19.4 Å². The average Bonchev–Trinajstić information content (AvgIpc) is 2.52. The van der Waals surface area contributed by atoms with Crippen LogP contribution in [-0.4, -0.2) is 34.8 Å². The Labute approximate surface area is 133 Å². The van der Waals surface area contributed by atoms with Gasteiger partial charge in [-0.15, -0.1) is 0 Å². The molecule has 1 atom stereocenters. The van der Waals surface area contributed by atoms with E-state index in [0.29, 0.717) is 0 Å². The molecule has 6 heteroatoms. The standard InChI is InChI=1S/C17H18N2O4/c1-3-8-23-17(22)19-15(16(20)21)10-12-5-7-14-13(9-12)6-4-11(2)18-14/h3-7,9,15H,1,8,10H2,2H3,(H,19,22)(H,20,21)/t15-/m0/s1. The molecule has 2 aromatic rings. The number of carboxylic acid groups (broad SMARTS) is 1. The second-order valence-corrected chi connectivity index (χ2v) is 5.11. The summed E-state index contributed by atoms with van der Waals surface area (Å²) in [6, 6.07) is 8.28. The van der Waals surface area contributed by atoms with Crippen LogP contribution in [0, 0.1) is 6.92 Å². The van der Waals surface area contributed by atoms with Crippen LogP contribution in [0.2, 0.25) is 0 Å². The third kappa shape index (κ3) is 4.54. The molecule has 1 aromatic heterocycles. The molecule has 0 fully saturated rings. The first-order chi connectivity index (χ1) is 11.0. The van der Waals surface area contributed by atoms with Gasteiger partial charge in [0.25, 0.3) is 0 Å². The van der Waals surface area contributed by atoms with Gasteiger partial charge in [0.05, 0.1) is 5.52 Å². The summed E-state index contributed by atoms with van der Waals surface area (Å²) in [7, 11) is 0. The van der Waals surface area contributed by atoms with Gasteiger partial charge < -0.3 is 15.2 Å². The van der Waals surface area contributed by atoms with Gasteiger partial charge >= 0.3 is 12.1 Å². The fourth-order valence-corrected chi connectivity index (χ4v) is 2.16. The molecule has 0 aliphatic rings. The minimum atomic E-state index is -1.12. The van der Waals surface area contributed by atoms with Crippen LogP contribution in [0.1, 0.15) is 11.3 Å². The van der Waals surface area contributed by atoms with Gasteiger partial charge in [0.15, 0.2) is 0 Å². The minimum absolute atomic E-state index is 0.0270. The number of aromatic nitrogens is 1. The third-order valence-electron chi connectivity index (χ3n) is 3.26. The van der Waals surface area contributed by atoms with E-state index in [0.717, 1.165) is 22.2 Å². The molecule has 1 aromatic carbocycles. The van der Waals surface area contributed by atoms with Crippen molar-refractivity contribution in [2.75, 3.05) is 6.61 Å². The molecule has 0 radical (unpaired) electrons. The number of carbonyl (C=O) groups excluding carboxylic acids is 1. The zero-order valence-corrected chi connectivity index (χ0v) is 12.8. The zero-order valence-electron chi connectivity index (χ0n) is 12.8. The van der Waals surface area contributed by atoms with Gasteiger partial charge in [0.2, 0.25) is 0 Å². The molecular weight excluding hydrogens is 296 g/mol. The van der Waals surface area contributed by atoms with Crippen molar-refractivity contribution in [1.29, 1.82) is 0 Å². The highest BCUT2D eigenvalue weighted by Crippen LogP contribution is 2.16. The first-order valence-corrected chi connectivity index (χ1v) is 7.13. The van der Waals surface area contributed by atoms with Gasteiger partial charge in [-0.3, -0.25) is 4.98 Å². The SMILES string of the molecule is C=CCOC(=O)N[C@@H](Cc1ccc2nc(C)ccc2c1)C(=O)O. The number of benzene rings is 1. The summed E-state index contributed by atoms with van der Waals surface area (Å²) < 4.78 is 4.75. The lowest BCUT2D eigenvalue weighted by atomic mass is 10.0. The van der Waals surface area contributed by atoms with Gasteiger partial charge in [0, 0.05) is 17.5 Å². The second kappa shape index (κ2) is 7.40. The monoisotopic (exact) mass is 314 g/mol. The summed E-state index contributed by atoms with van der Waals surface area (Å²) in [5.74, 6) is -1.12. The number of fused-ring (bicyclic) bond motifs is 1. The molecule has 0 unspecified atom stereocenters. The first-order valence-electron chi connectivity index (χ1n) is 7.13. The van der Waals surface area contributed by atoms with Crippen LogP contribution in [0.4, 0.5) is 4.79 Å². The van der Waals surface area contributed by atoms with Crippen molar-refractivity contribution in [3.05, 3.63) is 54.2 Å². The second-order valence-electron chi connectivity index (χ2n) is 5.11. The Kier molecular flexibility index (Phi) is 5.30. The lowest BCUT2D eigenvalue weighted by molar-refractivity contribution is -0.139. The van der Waals surface area contributed by atoms with E-state index in [-0.39, 0.29) is 13.0 Å². The molecule has 23 heavy (non-hydrogen) atoms. The zero-order chi connectivity index (χ0) is 16.8. The molecule has 0 bridgehead atoms. The Morgan fingerprint density at radius 3 is 2.87 bits per heavy atom. The number of hydrogen-bond acceptors (Lipinski definition) is 4. The Balaban J connectivity index is 2.13. The summed E-state index contributed by atoms with van der Waals surface area (Å²) in [5, 5.41) is 12.5. The Hall–Kier alpha value is -2.89. The predicted octanol–water partition coefficient (Wildman–Crippen LogP) is 2.45. The summed E-state index contributed by atoms with van der Waals surface area (Å²) >= 11 is 0. The maximum Gasteiger partial charge on any atom is 0.408 e. The molecular formula is C17H18N2O4. The number of amides is 1. The van der Waals surface area contributed by atoms with Gasteiger partial charge in [0.1, 0.15) is 12.6 Å². The third-order valence-corrected chi connectivity index (χ3v) is 3.26. The van der Waals surface area contributed by atoms with E-state index in [9.17, 15) is 14.7 Å². The Morgan fingerprint density at radius 1 is 1.39 bits per heavy atom. The minimum Gasteiger partial charge on any atom is -0.480 e. The molecule has 120 valence electrons. The molecule has 2 N–H and O–H groups in total. The van der Waals surface area contributed by atoms with E-state index < -0.39 is 18.1 Å². The fourth-order valence-electron chi connectivity index (χ4n) is 2.16. The van der Waals surface area contributed by atoms with Gasteiger partial charge in [-0.1, -0.05) is 24.8 Å². The highest BCUT2D eigenvalue weighted by atomic mass is 16.5. The van der Waals surface area contributed by atoms with Crippen molar-refractivity contribution in [1.82, 2.24) is 10.3 Å². The van der Waals surface area contributed by atoms with Crippen LogP contribution < -0.4 is 5.32 Å². The quantitative estimate of drug-likeness (QED) is 0.800. The van der Waals surface area contributed by atoms with Crippen molar-refractivity contribution in [3.8, 4) is 0 Å². The molecule has 2 rings (SSSR count). The molecule has 6 nitrogen and oxygen atoms in total. The largest absolute Gasteiger partial charge is 0.480 e. The molecule has 0 saturated carbocycles. The number of carboxylic acids is 1. The molecule has 0 spiro atoms. The summed E-state index contributed by atoms with van der Waals surface area (Å²) in [6.45, 7) is 5.36. The first kappa shape index (κ1) is 16.5. The number of carbonyl (C=O) groups is 2. The van der Waals surface area contributed by atoms with E-state index in [4.69, 9.17) is 4.74 Å². The predicted molar refractivity (Wildman–Crippen MR) is 86.3 cm³/mol. The number of nitrogens with zero attached hydrogens (tertiary/aromatic N) is 1. The molecule has 0 saturated heterocycles. The Morgan fingerprint density at radius 2 is 2.17 bits per heavy atom. The lowest BCUT2D eigenvalue weighted by Crippen LogP contribution is -2.42. The van der Waals surface area contributed by atoms with Gasteiger partial charge in [-0.25, -0.2) is 9.59 Å². The van der Waals surface area contributed by atoms with Crippen LogP contribution in [0.15, 0.2) is 43.0 Å². The molecule has 0 aliphatic heterocycles. The number of aryl methyl sites for hydroxylation is 1. The number of hydrogen-bond donors (Lipinski definition) is 2. The van der Waals surface area contributed by atoms with Crippen molar-refractivity contribution in [3.63, 3.8) is 0 Å². The van der Waals surface area contributed by atoms with Gasteiger partial charge in [-0.05, 0) is 30.7 Å². The van der Waals surface area contributed by atoms with Gasteiger partial charge in [-0.2, -0.15) is 0 Å². The van der Waals surface area contributed by atoms with Crippen LogP contribution in [0.3, 0.4) is 0 Å². The van der Waals surface area contributed by atoms with Crippen molar-refractivity contribution in [2.45, 2.75) is 19.4 Å². The smallest absolute Gasteiger partial charge is 0.408 e. The van der Waals surface area contributed by atoms with E-state index in [1.807, 2.05) is 37.3 Å². The van der Waals surface area contributed by atoms with E-state index >= 15 is 0 Å². The number of rotatable bonds is 6. The normalized spacial score (nSPS) is 11.7. The van der Waals surface area contributed by atoms with Crippen LogP contribution in [-0.2, 0) is 16.0 Å². The molecule has 0 aliphatic carbocycles. The van der Waals surface area contributed by atoms with Crippen molar-refractivity contribution >= 4 is 23.0 Å². The number of pyridine rings is 1. The number of alkyl carbamates (subject to hydrolysis) is 1. The van der Waals surface area contributed by atoms with Crippen LogP contribution >= 0.6 is 0 Å². The summed E-state index contributed by atoms with van der Waals surface area (Å²) in [5.41, 5.74) is 2.55. The number of nitrogens with one attached hydrogen (secondary N) is 1. The lowest BCUT2D eigenvalue weighted by Gasteiger charge is -2.14. The number of aliphatic carboxylic acids is 1. The van der Waals surface area contributed by atoms with E-state index in [2.05, 4.69) is 16.9 Å². The summed E-state index contributed by atoms with van der Waals surface area (Å²) in [4.78, 5) is 27.2. The number of ether oxygens (including phenoxy) is 1.